The zero-order chi connectivity index (χ0) is 17.2. The van der Waals surface area contributed by atoms with E-state index in [2.05, 4.69) is 17.1 Å². The number of benzene rings is 3. The Bertz CT molecular complexity index is 1060. The molecule has 1 heterocycles. The summed E-state index contributed by atoms with van der Waals surface area (Å²) in [5.41, 5.74) is 2.72. The van der Waals surface area contributed by atoms with E-state index in [9.17, 15) is 4.79 Å². The van der Waals surface area contributed by atoms with Gasteiger partial charge in [-0.3, -0.25) is 0 Å². The van der Waals surface area contributed by atoms with Crippen LogP contribution in [0.15, 0.2) is 66.7 Å². The lowest BCUT2D eigenvalue weighted by Crippen LogP contribution is -2.13. The van der Waals surface area contributed by atoms with Crippen molar-refractivity contribution in [3.63, 3.8) is 0 Å². The zero-order valence-corrected chi connectivity index (χ0v) is 14.0. The van der Waals surface area contributed by atoms with Crippen LogP contribution in [0.2, 0.25) is 0 Å². The summed E-state index contributed by atoms with van der Waals surface area (Å²) in [4.78, 5) is 17.1. The first-order chi connectivity index (χ1) is 12.3. The van der Waals surface area contributed by atoms with E-state index in [1.54, 1.807) is 0 Å². The maximum atomic E-state index is 12.6. The fourth-order valence-corrected chi connectivity index (χ4v) is 3.07. The first kappa shape index (κ1) is 15.5. The molecule has 0 aliphatic carbocycles. The zero-order valence-electron chi connectivity index (χ0n) is 14.0. The molecule has 122 valence electrons. The quantitative estimate of drug-likeness (QED) is 0.427. The smallest absolute Gasteiger partial charge is 0.374 e. The second kappa shape index (κ2) is 6.44. The number of carbonyl (C=O) groups is 1. The highest BCUT2D eigenvalue weighted by Crippen LogP contribution is 2.24. The van der Waals surface area contributed by atoms with Crippen molar-refractivity contribution >= 4 is 35.6 Å². The van der Waals surface area contributed by atoms with Crippen LogP contribution in [0.5, 0.6) is 0 Å². The summed E-state index contributed by atoms with van der Waals surface area (Å²) in [7, 11) is 2.00. The maximum absolute atomic E-state index is 12.6. The van der Waals surface area contributed by atoms with Crippen LogP contribution in [-0.4, -0.2) is 23.4 Å². The van der Waals surface area contributed by atoms with E-state index in [1.165, 1.54) is 0 Å². The Labute approximate surface area is 146 Å². The molecular formula is C20H17BN2O2. The number of hydrogen-bond acceptors (Lipinski definition) is 3. The van der Waals surface area contributed by atoms with E-state index in [0.29, 0.717) is 12.3 Å². The standard InChI is InChI=1S/C20H17BN2O2/c21-13-23-18-11-16-9-5-4-8-15(16)10-17(18)22-19(23)20(24)25-12-14-6-2-1-3-7-14/h1-11H,12-13,21H2. The van der Waals surface area contributed by atoms with Gasteiger partial charge < -0.3 is 9.30 Å². The Hall–Kier alpha value is -3.08. The third kappa shape index (κ3) is 2.89. The Kier molecular flexibility index (Phi) is 3.98. The van der Waals surface area contributed by atoms with Gasteiger partial charge in [-0.05, 0) is 34.9 Å². The number of esters is 1. The molecule has 4 nitrogen and oxygen atoms in total. The third-order valence-electron chi connectivity index (χ3n) is 4.33. The predicted molar refractivity (Wildman–Crippen MR) is 101 cm³/mol. The fraction of sp³-hybridized carbons (Fsp3) is 0.100. The molecule has 25 heavy (non-hydrogen) atoms. The molecule has 3 aromatic carbocycles. The molecule has 0 spiro atoms. The summed E-state index contributed by atoms with van der Waals surface area (Å²) in [6, 6.07) is 21.9. The molecule has 4 aromatic rings. The normalized spacial score (nSPS) is 11.0. The van der Waals surface area contributed by atoms with Gasteiger partial charge in [0.15, 0.2) is 0 Å². The van der Waals surface area contributed by atoms with Gasteiger partial charge in [-0.25, -0.2) is 9.78 Å². The van der Waals surface area contributed by atoms with Crippen LogP contribution >= 0.6 is 0 Å². The van der Waals surface area contributed by atoms with Crippen molar-refractivity contribution in [1.82, 2.24) is 9.55 Å². The fourth-order valence-electron chi connectivity index (χ4n) is 3.07. The summed E-state index contributed by atoms with van der Waals surface area (Å²) in [6.07, 6.45) is 0.657. The van der Waals surface area contributed by atoms with Crippen LogP contribution in [0, 0.1) is 0 Å². The predicted octanol–water partition coefficient (Wildman–Crippen LogP) is 3.14. The summed E-state index contributed by atoms with van der Waals surface area (Å²) in [5.74, 6) is -0.0466. The monoisotopic (exact) mass is 328 g/mol. The highest BCUT2D eigenvalue weighted by molar-refractivity contribution is 6.08. The summed E-state index contributed by atoms with van der Waals surface area (Å²) < 4.78 is 7.37. The van der Waals surface area contributed by atoms with E-state index in [0.717, 1.165) is 27.4 Å². The van der Waals surface area contributed by atoms with Crippen molar-refractivity contribution in [2.24, 2.45) is 0 Å². The molecule has 0 fully saturated rings. The van der Waals surface area contributed by atoms with Crippen molar-refractivity contribution in [2.45, 2.75) is 13.1 Å². The van der Waals surface area contributed by atoms with Gasteiger partial charge in [0.2, 0.25) is 5.82 Å². The molecule has 0 aliphatic heterocycles. The molecule has 0 atom stereocenters. The minimum atomic E-state index is -0.397. The maximum Gasteiger partial charge on any atom is 0.374 e. The SMILES string of the molecule is BCn1c(C(=O)OCc2ccccc2)nc2cc3ccccc3cc21. The van der Waals surface area contributed by atoms with Crippen molar-refractivity contribution in [2.75, 3.05) is 0 Å². The number of aromatic nitrogens is 2. The minimum Gasteiger partial charge on any atom is -0.455 e. The second-order valence-corrected chi connectivity index (χ2v) is 5.93. The van der Waals surface area contributed by atoms with Gasteiger partial charge in [0.1, 0.15) is 14.5 Å². The molecule has 0 aliphatic rings. The Morgan fingerprint density at radius 2 is 1.68 bits per heavy atom. The number of fused-ring (bicyclic) bond motifs is 2. The molecule has 0 amide bonds. The second-order valence-electron chi connectivity index (χ2n) is 5.93. The van der Waals surface area contributed by atoms with Crippen LogP contribution in [0.25, 0.3) is 21.8 Å². The summed E-state index contributed by atoms with van der Waals surface area (Å²) in [6.45, 7) is 0.245. The number of ether oxygens (including phenoxy) is 1. The number of nitrogens with zero attached hydrogens (tertiary/aromatic N) is 2. The van der Waals surface area contributed by atoms with Gasteiger partial charge in [-0.2, -0.15) is 0 Å². The average molecular weight is 328 g/mol. The van der Waals surface area contributed by atoms with E-state index in [4.69, 9.17) is 4.74 Å². The molecule has 0 saturated heterocycles. The Balaban J connectivity index is 1.70. The lowest BCUT2D eigenvalue weighted by molar-refractivity contribution is 0.0454. The van der Waals surface area contributed by atoms with Crippen LogP contribution in [0.1, 0.15) is 16.2 Å². The summed E-state index contributed by atoms with van der Waals surface area (Å²) >= 11 is 0. The molecule has 0 bridgehead atoms. The van der Waals surface area contributed by atoms with Crippen molar-refractivity contribution in [1.29, 1.82) is 0 Å². The van der Waals surface area contributed by atoms with Gasteiger partial charge in [-0.1, -0.05) is 54.6 Å². The van der Waals surface area contributed by atoms with E-state index in [-0.39, 0.29) is 6.61 Å². The largest absolute Gasteiger partial charge is 0.455 e. The van der Waals surface area contributed by atoms with Gasteiger partial charge >= 0.3 is 5.97 Å². The van der Waals surface area contributed by atoms with Gasteiger partial charge in [0.05, 0.1) is 11.0 Å². The highest BCUT2D eigenvalue weighted by atomic mass is 16.5. The van der Waals surface area contributed by atoms with Gasteiger partial charge in [-0.15, -0.1) is 0 Å². The van der Waals surface area contributed by atoms with Crippen molar-refractivity contribution < 1.29 is 9.53 Å². The third-order valence-corrected chi connectivity index (χ3v) is 4.33. The first-order valence-electron chi connectivity index (χ1n) is 8.36. The number of imidazole rings is 1. The molecule has 4 rings (SSSR count). The molecule has 0 unspecified atom stereocenters. The van der Waals surface area contributed by atoms with Crippen LogP contribution in [0.4, 0.5) is 0 Å². The van der Waals surface area contributed by atoms with Crippen molar-refractivity contribution in [3.8, 4) is 0 Å². The topological polar surface area (TPSA) is 44.1 Å². The lowest BCUT2D eigenvalue weighted by Gasteiger charge is -2.07. The van der Waals surface area contributed by atoms with E-state index >= 15 is 0 Å². The number of carbonyl (C=O) groups excluding carboxylic acids is 1. The average Bonchev–Trinajstić information content (AvgIpc) is 3.02. The minimum absolute atomic E-state index is 0.245. The molecule has 0 N–H and O–H groups in total. The Morgan fingerprint density at radius 1 is 1.00 bits per heavy atom. The van der Waals surface area contributed by atoms with E-state index in [1.807, 2.05) is 67.0 Å². The molecule has 0 saturated carbocycles. The van der Waals surface area contributed by atoms with Gasteiger partial charge in [0.25, 0.3) is 0 Å². The Morgan fingerprint density at radius 3 is 2.40 bits per heavy atom. The highest BCUT2D eigenvalue weighted by Gasteiger charge is 2.18. The van der Waals surface area contributed by atoms with Crippen LogP contribution in [-0.2, 0) is 17.8 Å². The summed E-state index contributed by atoms with van der Waals surface area (Å²) in [5, 5.41) is 2.24. The van der Waals surface area contributed by atoms with Crippen LogP contribution < -0.4 is 0 Å². The number of hydrogen-bond donors (Lipinski definition) is 0. The van der Waals surface area contributed by atoms with Gasteiger partial charge in [0, 0.05) is 0 Å². The lowest BCUT2D eigenvalue weighted by atomic mass is 10.1. The van der Waals surface area contributed by atoms with Crippen molar-refractivity contribution in [3.05, 3.63) is 78.1 Å². The molecule has 5 heteroatoms. The van der Waals surface area contributed by atoms with E-state index < -0.39 is 5.97 Å². The van der Waals surface area contributed by atoms with Crippen LogP contribution in [0.3, 0.4) is 0 Å². The molecule has 1 aromatic heterocycles. The molecule has 0 radical (unpaired) electrons. The number of rotatable bonds is 4. The first-order valence-corrected chi connectivity index (χ1v) is 8.36. The molecular weight excluding hydrogens is 311 g/mol.